The highest BCUT2D eigenvalue weighted by Gasteiger charge is 2.02. The first-order valence-corrected chi connectivity index (χ1v) is 8.75. The van der Waals surface area contributed by atoms with Gasteiger partial charge in [0.2, 0.25) is 0 Å². The number of rotatable bonds is 8. The minimum Gasteiger partial charge on any atom is -0.504 e. The van der Waals surface area contributed by atoms with Crippen molar-refractivity contribution in [1.29, 1.82) is 5.26 Å². The minimum atomic E-state index is -0.412. The number of phenolic OH excluding ortho intramolecular Hbond substituents is 1. The average molecular weight is 388 g/mol. The van der Waals surface area contributed by atoms with Crippen LogP contribution in [-0.4, -0.2) is 18.0 Å². The van der Waals surface area contributed by atoms with Crippen LogP contribution in [0.1, 0.15) is 22.3 Å². The van der Waals surface area contributed by atoms with Gasteiger partial charge >= 0.3 is 0 Å². The standard InChI is InChI=1S/C23H20N2O4/c1-16-3-4-17(13-19(16)11-12-24)5-8-20(25-28)15-21(26)9-6-18-7-10-22(27)23(14-18)29-2/h3-10,13-15,27H,11H2,1-2H3/b8-5+,9-6+,20-15-. The molecule has 2 aromatic carbocycles. The SMILES string of the molecule is COc1cc(/C=C/C(=O)/C=C(/C=C/c2ccc(C)c(CC#N)c2)N=O)ccc1O. The Kier molecular flexibility index (Phi) is 7.63. The van der Waals surface area contributed by atoms with E-state index >= 15 is 0 Å². The fourth-order valence-electron chi connectivity index (χ4n) is 2.53. The van der Waals surface area contributed by atoms with Gasteiger partial charge in [-0.3, -0.25) is 4.79 Å². The molecule has 0 aliphatic heterocycles. The van der Waals surface area contributed by atoms with Crippen LogP contribution in [0.4, 0.5) is 0 Å². The molecule has 0 bridgehead atoms. The van der Waals surface area contributed by atoms with Crippen molar-refractivity contribution in [3.05, 3.63) is 87.5 Å². The Hall–Kier alpha value is -3.98. The number of nitriles is 1. The van der Waals surface area contributed by atoms with Crippen LogP contribution in [0.3, 0.4) is 0 Å². The van der Waals surface area contributed by atoms with Crippen molar-refractivity contribution < 1.29 is 14.6 Å². The van der Waals surface area contributed by atoms with Crippen molar-refractivity contribution in [2.45, 2.75) is 13.3 Å². The molecule has 0 heterocycles. The highest BCUT2D eigenvalue weighted by Crippen LogP contribution is 2.26. The van der Waals surface area contributed by atoms with E-state index in [2.05, 4.69) is 11.2 Å². The maximum Gasteiger partial charge on any atom is 0.180 e. The fourth-order valence-corrected chi connectivity index (χ4v) is 2.53. The summed E-state index contributed by atoms with van der Waals surface area (Å²) in [6.45, 7) is 1.92. The molecule has 146 valence electrons. The van der Waals surface area contributed by atoms with Crippen molar-refractivity contribution in [3.8, 4) is 17.6 Å². The number of benzene rings is 2. The highest BCUT2D eigenvalue weighted by atomic mass is 16.5. The van der Waals surface area contributed by atoms with Gasteiger partial charge in [0.15, 0.2) is 17.3 Å². The van der Waals surface area contributed by atoms with Gasteiger partial charge in [-0.15, -0.1) is 4.91 Å². The predicted octanol–water partition coefficient (Wildman–Crippen LogP) is 4.72. The van der Waals surface area contributed by atoms with Gasteiger partial charge in [0.1, 0.15) is 5.70 Å². The summed E-state index contributed by atoms with van der Waals surface area (Å²) < 4.78 is 5.02. The normalized spacial score (nSPS) is 11.6. The number of allylic oxidation sites excluding steroid dienone is 3. The Labute approximate surface area is 169 Å². The highest BCUT2D eigenvalue weighted by molar-refractivity contribution is 6.02. The maximum atomic E-state index is 12.1. The molecule has 6 nitrogen and oxygen atoms in total. The van der Waals surface area contributed by atoms with Gasteiger partial charge in [-0.2, -0.15) is 5.26 Å². The van der Waals surface area contributed by atoms with E-state index in [1.54, 1.807) is 24.3 Å². The second kappa shape index (κ2) is 10.4. The van der Waals surface area contributed by atoms with Gasteiger partial charge in [0.05, 0.1) is 19.6 Å². The summed E-state index contributed by atoms with van der Waals surface area (Å²) in [5.41, 5.74) is 3.35. The number of nitrogens with zero attached hydrogens (tertiary/aromatic N) is 2. The quantitative estimate of drug-likeness (QED) is 0.401. The van der Waals surface area contributed by atoms with Gasteiger partial charge in [0, 0.05) is 6.08 Å². The second-order valence-corrected chi connectivity index (χ2v) is 6.18. The molecular weight excluding hydrogens is 368 g/mol. The monoisotopic (exact) mass is 388 g/mol. The minimum absolute atomic E-state index is 0.00230. The van der Waals surface area contributed by atoms with Crippen LogP contribution in [0.15, 0.2) is 65.5 Å². The van der Waals surface area contributed by atoms with Crippen LogP contribution in [0.25, 0.3) is 12.2 Å². The lowest BCUT2D eigenvalue weighted by molar-refractivity contribution is -0.110. The molecule has 2 rings (SSSR count). The molecule has 0 fully saturated rings. The van der Waals surface area contributed by atoms with E-state index in [0.717, 1.165) is 22.8 Å². The van der Waals surface area contributed by atoms with Crippen LogP contribution in [0.2, 0.25) is 0 Å². The van der Waals surface area contributed by atoms with E-state index in [1.807, 2.05) is 25.1 Å². The van der Waals surface area contributed by atoms with Crippen LogP contribution >= 0.6 is 0 Å². The van der Waals surface area contributed by atoms with E-state index in [0.29, 0.717) is 17.7 Å². The predicted molar refractivity (Wildman–Crippen MR) is 112 cm³/mol. The molecule has 0 saturated carbocycles. The number of hydrogen-bond donors (Lipinski definition) is 1. The van der Waals surface area contributed by atoms with Gasteiger partial charge in [0.25, 0.3) is 0 Å². The summed E-state index contributed by atoms with van der Waals surface area (Å²) in [5, 5.41) is 21.3. The van der Waals surface area contributed by atoms with Crippen LogP contribution < -0.4 is 4.74 Å². The first kappa shape index (κ1) is 21.3. The largest absolute Gasteiger partial charge is 0.504 e. The molecule has 0 radical (unpaired) electrons. The molecule has 0 saturated heterocycles. The fraction of sp³-hybridized carbons (Fsp3) is 0.130. The van der Waals surface area contributed by atoms with E-state index in [4.69, 9.17) is 10.00 Å². The molecule has 0 spiro atoms. The molecule has 6 heteroatoms. The lowest BCUT2D eigenvalue weighted by Gasteiger charge is -2.03. The molecular formula is C23H20N2O4. The van der Waals surface area contributed by atoms with Crippen molar-refractivity contribution in [1.82, 2.24) is 0 Å². The van der Waals surface area contributed by atoms with E-state index in [-0.39, 0.29) is 11.4 Å². The zero-order chi connectivity index (χ0) is 21.2. The number of phenols is 1. The lowest BCUT2D eigenvalue weighted by Crippen LogP contribution is -1.89. The molecule has 1 N–H and O–H groups in total. The van der Waals surface area contributed by atoms with E-state index in [9.17, 15) is 14.8 Å². The summed E-state index contributed by atoms with van der Waals surface area (Å²) in [6, 6.07) is 12.4. The second-order valence-electron chi connectivity index (χ2n) is 6.18. The third kappa shape index (κ3) is 6.29. The molecule has 0 atom stereocenters. The summed E-state index contributed by atoms with van der Waals surface area (Å²) in [7, 11) is 1.43. The number of ketones is 1. The molecule has 0 aliphatic carbocycles. The summed E-state index contributed by atoms with van der Waals surface area (Å²) in [4.78, 5) is 23.1. The third-order valence-corrected chi connectivity index (χ3v) is 4.13. The lowest BCUT2D eigenvalue weighted by atomic mass is 10.0. The number of carbonyl (C=O) groups is 1. The number of carbonyl (C=O) groups excluding carboxylic acids is 1. The molecule has 0 aliphatic rings. The van der Waals surface area contributed by atoms with Gasteiger partial charge < -0.3 is 9.84 Å². The van der Waals surface area contributed by atoms with Crippen LogP contribution in [0.5, 0.6) is 11.5 Å². The first-order chi connectivity index (χ1) is 14.0. The Morgan fingerprint density at radius 2 is 1.86 bits per heavy atom. The zero-order valence-corrected chi connectivity index (χ0v) is 16.1. The first-order valence-electron chi connectivity index (χ1n) is 8.75. The summed E-state index contributed by atoms with van der Waals surface area (Å²) in [5.74, 6) is -0.116. The number of ether oxygens (including phenoxy) is 1. The van der Waals surface area contributed by atoms with Crippen molar-refractivity contribution in [3.63, 3.8) is 0 Å². The number of hydrogen-bond acceptors (Lipinski definition) is 6. The van der Waals surface area contributed by atoms with Crippen molar-refractivity contribution in [2.75, 3.05) is 7.11 Å². The molecule has 0 amide bonds. The zero-order valence-electron chi connectivity index (χ0n) is 16.1. The van der Waals surface area contributed by atoms with Crippen LogP contribution in [0, 0.1) is 23.2 Å². The van der Waals surface area contributed by atoms with Gasteiger partial charge in [-0.25, -0.2) is 0 Å². The number of methoxy groups -OCH3 is 1. The summed E-state index contributed by atoms with van der Waals surface area (Å²) >= 11 is 0. The Morgan fingerprint density at radius 1 is 1.17 bits per heavy atom. The average Bonchev–Trinajstić information content (AvgIpc) is 2.72. The molecule has 0 aromatic heterocycles. The van der Waals surface area contributed by atoms with E-state index in [1.165, 1.54) is 25.3 Å². The van der Waals surface area contributed by atoms with Gasteiger partial charge in [-0.1, -0.05) is 36.4 Å². The Morgan fingerprint density at radius 3 is 2.55 bits per heavy atom. The Balaban J connectivity index is 2.14. The molecule has 2 aromatic rings. The topological polar surface area (TPSA) is 99.8 Å². The van der Waals surface area contributed by atoms with E-state index < -0.39 is 5.78 Å². The van der Waals surface area contributed by atoms with Crippen molar-refractivity contribution >= 4 is 17.9 Å². The number of nitroso groups, excluding NO2 is 1. The molecule has 0 unspecified atom stereocenters. The smallest absolute Gasteiger partial charge is 0.180 e. The number of aromatic hydroxyl groups is 1. The van der Waals surface area contributed by atoms with Crippen molar-refractivity contribution in [2.24, 2.45) is 5.18 Å². The maximum absolute atomic E-state index is 12.1. The number of aryl methyl sites for hydroxylation is 1. The third-order valence-electron chi connectivity index (χ3n) is 4.13. The van der Waals surface area contributed by atoms with Gasteiger partial charge in [-0.05, 0) is 58.6 Å². The Bertz CT molecular complexity index is 1040. The summed E-state index contributed by atoms with van der Waals surface area (Å²) in [6.07, 6.45) is 7.37. The molecule has 29 heavy (non-hydrogen) atoms. The van der Waals surface area contributed by atoms with Crippen LogP contribution in [-0.2, 0) is 11.2 Å².